The molecule has 0 bridgehead atoms. The van der Waals surface area contributed by atoms with Gasteiger partial charge in [-0.25, -0.2) is 4.39 Å². The number of hydrogen-bond acceptors (Lipinski definition) is 3. The third kappa shape index (κ3) is 3.10. The molecular weight excluding hydrogens is 323 g/mol. The third-order valence-electron chi connectivity index (χ3n) is 3.45. The largest absolute Gasteiger partial charge is 0.361 e. The molecule has 108 valence electrons. The Morgan fingerprint density at radius 1 is 1.25 bits per heavy atom. The SMILES string of the molecule is Cc1noc(C)c1C(C)NC(C)c1cc(Br)ccc1F. The van der Waals surface area contributed by atoms with Crippen LogP contribution in [0, 0.1) is 19.7 Å². The number of benzene rings is 1. The summed E-state index contributed by atoms with van der Waals surface area (Å²) in [6, 6.07) is 4.89. The summed E-state index contributed by atoms with van der Waals surface area (Å²) < 4.78 is 19.9. The van der Waals surface area contributed by atoms with Gasteiger partial charge in [-0.3, -0.25) is 0 Å². The van der Waals surface area contributed by atoms with Crippen molar-refractivity contribution in [3.05, 3.63) is 51.1 Å². The zero-order valence-electron chi connectivity index (χ0n) is 12.0. The zero-order valence-corrected chi connectivity index (χ0v) is 13.6. The van der Waals surface area contributed by atoms with Gasteiger partial charge in [-0.15, -0.1) is 0 Å². The van der Waals surface area contributed by atoms with Crippen LogP contribution in [0.15, 0.2) is 27.2 Å². The van der Waals surface area contributed by atoms with Crippen molar-refractivity contribution < 1.29 is 8.91 Å². The Labute approximate surface area is 126 Å². The highest BCUT2D eigenvalue weighted by Crippen LogP contribution is 2.26. The number of aryl methyl sites for hydroxylation is 2. The van der Waals surface area contributed by atoms with Crippen LogP contribution in [0.25, 0.3) is 0 Å². The molecule has 1 N–H and O–H groups in total. The zero-order chi connectivity index (χ0) is 14.9. The Kier molecular flexibility index (Phi) is 4.60. The number of hydrogen-bond donors (Lipinski definition) is 1. The Bertz CT molecular complexity index is 592. The molecule has 0 fully saturated rings. The lowest BCUT2D eigenvalue weighted by Gasteiger charge is -2.21. The van der Waals surface area contributed by atoms with Crippen molar-refractivity contribution in [2.75, 3.05) is 0 Å². The van der Waals surface area contributed by atoms with E-state index in [0.717, 1.165) is 21.5 Å². The molecule has 0 aliphatic heterocycles. The van der Waals surface area contributed by atoms with Crippen LogP contribution >= 0.6 is 15.9 Å². The van der Waals surface area contributed by atoms with Crippen molar-refractivity contribution >= 4 is 15.9 Å². The summed E-state index contributed by atoms with van der Waals surface area (Å²) in [5.74, 6) is 0.587. The molecule has 0 spiro atoms. The molecule has 3 nitrogen and oxygen atoms in total. The van der Waals surface area contributed by atoms with Crippen LogP contribution in [-0.4, -0.2) is 5.16 Å². The van der Waals surface area contributed by atoms with E-state index in [9.17, 15) is 4.39 Å². The molecular formula is C15H18BrFN2O. The number of aromatic nitrogens is 1. The van der Waals surface area contributed by atoms with Gasteiger partial charge in [-0.05, 0) is 45.9 Å². The van der Waals surface area contributed by atoms with Gasteiger partial charge in [0.25, 0.3) is 0 Å². The van der Waals surface area contributed by atoms with E-state index in [1.54, 1.807) is 12.1 Å². The summed E-state index contributed by atoms with van der Waals surface area (Å²) in [5.41, 5.74) is 2.54. The van der Waals surface area contributed by atoms with Crippen LogP contribution < -0.4 is 5.32 Å². The van der Waals surface area contributed by atoms with Crippen LogP contribution in [-0.2, 0) is 0 Å². The van der Waals surface area contributed by atoms with Crippen LogP contribution in [0.1, 0.15) is 48.5 Å². The Balaban J connectivity index is 2.19. The second kappa shape index (κ2) is 6.06. The van der Waals surface area contributed by atoms with Gasteiger partial charge in [0.05, 0.1) is 5.69 Å². The van der Waals surface area contributed by atoms with E-state index in [1.807, 2.05) is 27.7 Å². The van der Waals surface area contributed by atoms with Crippen molar-refractivity contribution in [2.24, 2.45) is 0 Å². The number of rotatable bonds is 4. The minimum absolute atomic E-state index is 0.0367. The molecule has 1 heterocycles. The van der Waals surface area contributed by atoms with Gasteiger partial charge in [-0.2, -0.15) is 0 Å². The minimum Gasteiger partial charge on any atom is -0.361 e. The van der Waals surface area contributed by atoms with Gasteiger partial charge in [-0.1, -0.05) is 21.1 Å². The lowest BCUT2D eigenvalue weighted by atomic mass is 10.0. The molecule has 1 aromatic carbocycles. The van der Waals surface area contributed by atoms with E-state index in [2.05, 4.69) is 26.4 Å². The van der Waals surface area contributed by atoms with Gasteiger partial charge >= 0.3 is 0 Å². The van der Waals surface area contributed by atoms with E-state index >= 15 is 0 Å². The second-order valence-electron chi connectivity index (χ2n) is 5.01. The molecule has 2 atom stereocenters. The summed E-state index contributed by atoms with van der Waals surface area (Å²) >= 11 is 3.37. The maximum Gasteiger partial charge on any atom is 0.138 e. The molecule has 0 amide bonds. The Morgan fingerprint density at radius 2 is 1.95 bits per heavy atom. The minimum atomic E-state index is -0.209. The molecule has 5 heteroatoms. The number of nitrogens with one attached hydrogen (secondary N) is 1. The van der Waals surface area contributed by atoms with E-state index < -0.39 is 0 Å². The fraction of sp³-hybridized carbons (Fsp3) is 0.400. The van der Waals surface area contributed by atoms with Gasteiger partial charge in [0.1, 0.15) is 11.6 Å². The maximum absolute atomic E-state index is 13.9. The maximum atomic E-state index is 13.9. The molecule has 0 saturated heterocycles. The van der Waals surface area contributed by atoms with Gasteiger partial charge in [0, 0.05) is 27.7 Å². The molecule has 0 aliphatic rings. The van der Waals surface area contributed by atoms with Gasteiger partial charge in [0.15, 0.2) is 0 Å². The van der Waals surface area contributed by atoms with Gasteiger partial charge in [0.2, 0.25) is 0 Å². The first-order valence-electron chi connectivity index (χ1n) is 6.54. The average molecular weight is 341 g/mol. The van der Waals surface area contributed by atoms with Crippen LogP contribution in [0.3, 0.4) is 0 Å². The molecule has 2 unspecified atom stereocenters. The predicted octanol–water partition coefficient (Wildman–Crippen LogP) is 4.60. The van der Waals surface area contributed by atoms with Gasteiger partial charge < -0.3 is 9.84 Å². The molecule has 0 saturated carbocycles. The highest BCUT2D eigenvalue weighted by molar-refractivity contribution is 9.10. The van der Waals surface area contributed by atoms with Crippen molar-refractivity contribution in [3.8, 4) is 0 Å². The molecule has 20 heavy (non-hydrogen) atoms. The van der Waals surface area contributed by atoms with Crippen molar-refractivity contribution in [2.45, 2.75) is 39.8 Å². The second-order valence-corrected chi connectivity index (χ2v) is 5.93. The highest BCUT2D eigenvalue weighted by Gasteiger charge is 2.20. The first kappa shape index (κ1) is 15.2. The van der Waals surface area contributed by atoms with Crippen molar-refractivity contribution in [1.29, 1.82) is 0 Å². The molecule has 1 aromatic heterocycles. The molecule has 2 rings (SSSR count). The number of halogens is 2. The smallest absolute Gasteiger partial charge is 0.138 e. The fourth-order valence-electron chi connectivity index (χ4n) is 2.50. The predicted molar refractivity (Wildman–Crippen MR) is 80.0 cm³/mol. The summed E-state index contributed by atoms with van der Waals surface area (Å²) in [5, 5.41) is 7.34. The average Bonchev–Trinajstić information content (AvgIpc) is 2.71. The Hall–Kier alpha value is -1.20. The normalized spacial score (nSPS) is 14.3. The van der Waals surface area contributed by atoms with Crippen LogP contribution in [0.4, 0.5) is 4.39 Å². The van der Waals surface area contributed by atoms with E-state index in [-0.39, 0.29) is 17.9 Å². The lowest BCUT2D eigenvalue weighted by molar-refractivity contribution is 0.389. The van der Waals surface area contributed by atoms with Crippen LogP contribution in [0.2, 0.25) is 0 Å². The van der Waals surface area contributed by atoms with Crippen molar-refractivity contribution in [3.63, 3.8) is 0 Å². The highest BCUT2D eigenvalue weighted by atomic mass is 79.9. The first-order chi connectivity index (χ1) is 9.40. The molecule has 2 aromatic rings. The summed E-state index contributed by atoms with van der Waals surface area (Å²) in [6.07, 6.45) is 0. The summed E-state index contributed by atoms with van der Waals surface area (Å²) in [7, 11) is 0. The monoisotopic (exact) mass is 340 g/mol. The lowest BCUT2D eigenvalue weighted by Crippen LogP contribution is -2.24. The fourth-order valence-corrected chi connectivity index (χ4v) is 2.88. The molecule has 0 radical (unpaired) electrons. The quantitative estimate of drug-likeness (QED) is 0.883. The standard InChI is InChI=1S/C15H18BrFN2O/c1-8(13-7-12(16)5-6-14(13)17)18-9(2)15-10(3)19-20-11(15)4/h5-9,18H,1-4H3. The van der Waals surface area contributed by atoms with E-state index in [1.165, 1.54) is 6.07 Å². The molecule has 0 aliphatic carbocycles. The summed E-state index contributed by atoms with van der Waals surface area (Å²) in [4.78, 5) is 0. The van der Waals surface area contributed by atoms with Crippen LogP contribution in [0.5, 0.6) is 0 Å². The summed E-state index contributed by atoms with van der Waals surface area (Å²) in [6.45, 7) is 7.77. The third-order valence-corrected chi connectivity index (χ3v) is 3.94. The first-order valence-corrected chi connectivity index (χ1v) is 7.33. The van der Waals surface area contributed by atoms with Crippen molar-refractivity contribution in [1.82, 2.24) is 10.5 Å². The van der Waals surface area contributed by atoms with E-state index in [4.69, 9.17) is 4.52 Å². The number of nitrogens with zero attached hydrogens (tertiary/aromatic N) is 1. The Morgan fingerprint density at radius 3 is 2.55 bits per heavy atom. The van der Waals surface area contributed by atoms with E-state index in [0.29, 0.717) is 5.56 Å². The topological polar surface area (TPSA) is 38.1 Å².